The van der Waals surface area contributed by atoms with E-state index >= 15 is 0 Å². The summed E-state index contributed by atoms with van der Waals surface area (Å²) >= 11 is 0. The molecule has 80 valence electrons. The van der Waals surface area contributed by atoms with Gasteiger partial charge in [0.25, 0.3) is 0 Å². The SMILES string of the molecule is C/C=C/[C@H]1O[C@@H]2OC(C)(C)O[C@@H]2[C@H]1O. The Hall–Kier alpha value is -0.420. The molecule has 4 atom stereocenters. The summed E-state index contributed by atoms with van der Waals surface area (Å²) in [7, 11) is 0. The lowest BCUT2D eigenvalue weighted by Crippen LogP contribution is -2.33. The summed E-state index contributed by atoms with van der Waals surface area (Å²) in [6.45, 7) is 5.51. The minimum absolute atomic E-state index is 0.314. The van der Waals surface area contributed by atoms with Gasteiger partial charge in [0.15, 0.2) is 12.1 Å². The minimum Gasteiger partial charge on any atom is -0.387 e. The molecule has 0 bridgehead atoms. The normalized spacial score (nSPS) is 46.0. The monoisotopic (exact) mass is 200 g/mol. The maximum absolute atomic E-state index is 9.84. The second kappa shape index (κ2) is 3.31. The molecular formula is C10H16O4. The van der Waals surface area contributed by atoms with Crippen LogP contribution in [0, 0.1) is 0 Å². The molecule has 0 aromatic rings. The van der Waals surface area contributed by atoms with Crippen LogP contribution in [-0.2, 0) is 14.2 Å². The topological polar surface area (TPSA) is 47.9 Å². The number of fused-ring (bicyclic) bond motifs is 1. The number of aliphatic hydroxyl groups excluding tert-OH is 1. The maximum Gasteiger partial charge on any atom is 0.190 e. The van der Waals surface area contributed by atoms with Crippen LogP contribution >= 0.6 is 0 Å². The van der Waals surface area contributed by atoms with Gasteiger partial charge in [-0.15, -0.1) is 0 Å². The van der Waals surface area contributed by atoms with Crippen LogP contribution in [0.15, 0.2) is 12.2 Å². The lowest BCUT2D eigenvalue weighted by molar-refractivity contribution is -0.209. The van der Waals surface area contributed by atoms with Crippen LogP contribution < -0.4 is 0 Å². The molecule has 0 unspecified atom stereocenters. The Morgan fingerprint density at radius 1 is 1.29 bits per heavy atom. The van der Waals surface area contributed by atoms with Crippen molar-refractivity contribution in [1.82, 2.24) is 0 Å². The Kier molecular flexibility index (Phi) is 2.39. The molecule has 0 aliphatic carbocycles. The van der Waals surface area contributed by atoms with Crippen LogP contribution in [-0.4, -0.2) is 35.5 Å². The lowest BCUT2D eigenvalue weighted by atomic mass is 10.1. The van der Waals surface area contributed by atoms with Crippen LogP contribution in [0.2, 0.25) is 0 Å². The predicted octanol–water partition coefficient (Wildman–Crippen LogP) is 0.800. The molecule has 2 aliphatic rings. The number of hydrogen-bond donors (Lipinski definition) is 1. The van der Waals surface area contributed by atoms with E-state index in [2.05, 4.69) is 0 Å². The van der Waals surface area contributed by atoms with E-state index in [1.54, 1.807) is 0 Å². The van der Waals surface area contributed by atoms with Crippen molar-refractivity contribution in [2.75, 3.05) is 0 Å². The number of ether oxygens (including phenoxy) is 3. The second-order valence-corrected chi connectivity index (χ2v) is 4.09. The molecular weight excluding hydrogens is 184 g/mol. The van der Waals surface area contributed by atoms with Crippen LogP contribution in [0.25, 0.3) is 0 Å². The van der Waals surface area contributed by atoms with Crippen LogP contribution in [0.1, 0.15) is 20.8 Å². The van der Waals surface area contributed by atoms with Crippen molar-refractivity contribution in [1.29, 1.82) is 0 Å². The largest absolute Gasteiger partial charge is 0.387 e. The van der Waals surface area contributed by atoms with Gasteiger partial charge < -0.3 is 19.3 Å². The average molecular weight is 200 g/mol. The van der Waals surface area contributed by atoms with E-state index in [1.165, 1.54) is 0 Å². The van der Waals surface area contributed by atoms with Gasteiger partial charge in [-0.1, -0.05) is 12.2 Å². The van der Waals surface area contributed by atoms with Crippen molar-refractivity contribution < 1.29 is 19.3 Å². The summed E-state index contributed by atoms with van der Waals surface area (Å²) in [5.74, 6) is -0.656. The first kappa shape index (κ1) is 10.1. The van der Waals surface area contributed by atoms with Crippen molar-refractivity contribution in [2.45, 2.75) is 51.2 Å². The first-order chi connectivity index (χ1) is 6.53. The Labute approximate surface area is 83.5 Å². The Bertz CT molecular complexity index is 249. The molecule has 0 aromatic carbocycles. The Balaban J connectivity index is 2.07. The first-order valence-corrected chi connectivity index (χ1v) is 4.85. The van der Waals surface area contributed by atoms with Gasteiger partial charge in [-0.2, -0.15) is 0 Å². The highest BCUT2D eigenvalue weighted by Gasteiger charge is 2.53. The standard InChI is InChI=1S/C10H16O4/c1-4-5-6-7(11)8-9(12-6)14-10(2,3)13-8/h4-9,11H,1-3H3/b5-4+/t6-,7+,8-,9-/m1/s1. The zero-order chi connectivity index (χ0) is 10.3. The number of hydrogen-bond acceptors (Lipinski definition) is 4. The number of rotatable bonds is 1. The molecule has 1 N–H and O–H groups in total. The first-order valence-electron chi connectivity index (χ1n) is 4.85. The fraction of sp³-hybridized carbons (Fsp3) is 0.800. The van der Waals surface area contributed by atoms with Crippen molar-refractivity contribution in [3.63, 3.8) is 0 Å². The highest BCUT2D eigenvalue weighted by Crippen LogP contribution is 2.37. The maximum atomic E-state index is 9.84. The van der Waals surface area contributed by atoms with Crippen molar-refractivity contribution in [3.05, 3.63) is 12.2 Å². The van der Waals surface area contributed by atoms with E-state index in [1.807, 2.05) is 32.9 Å². The molecule has 2 rings (SSSR count). The number of allylic oxidation sites excluding steroid dienone is 1. The average Bonchev–Trinajstić information content (AvgIpc) is 2.50. The summed E-state index contributed by atoms with van der Waals surface area (Å²) in [5.41, 5.74) is 0. The van der Waals surface area contributed by atoms with Gasteiger partial charge in [0, 0.05) is 0 Å². The molecule has 0 radical (unpaired) electrons. The molecule has 0 aromatic heterocycles. The fourth-order valence-electron chi connectivity index (χ4n) is 1.86. The van der Waals surface area contributed by atoms with E-state index in [4.69, 9.17) is 14.2 Å². The van der Waals surface area contributed by atoms with Crippen molar-refractivity contribution in [3.8, 4) is 0 Å². The predicted molar refractivity (Wildman–Crippen MR) is 49.5 cm³/mol. The van der Waals surface area contributed by atoms with E-state index in [-0.39, 0.29) is 12.2 Å². The lowest BCUT2D eigenvalue weighted by Gasteiger charge is -2.21. The third kappa shape index (κ3) is 1.59. The second-order valence-electron chi connectivity index (χ2n) is 4.09. The Morgan fingerprint density at radius 3 is 2.57 bits per heavy atom. The summed E-state index contributed by atoms with van der Waals surface area (Å²) in [5, 5.41) is 9.84. The zero-order valence-electron chi connectivity index (χ0n) is 8.64. The van der Waals surface area contributed by atoms with Gasteiger partial charge in [0.2, 0.25) is 0 Å². The van der Waals surface area contributed by atoms with Crippen LogP contribution in [0.5, 0.6) is 0 Å². The summed E-state index contributed by atoms with van der Waals surface area (Å²) in [6.07, 6.45) is 1.89. The summed E-state index contributed by atoms with van der Waals surface area (Å²) in [6, 6.07) is 0. The smallest absolute Gasteiger partial charge is 0.190 e. The zero-order valence-corrected chi connectivity index (χ0v) is 8.64. The van der Waals surface area contributed by atoms with Gasteiger partial charge in [0.1, 0.15) is 18.3 Å². The quantitative estimate of drug-likeness (QED) is 0.636. The van der Waals surface area contributed by atoms with Gasteiger partial charge >= 0.3 is 0 Å². The van der Waals surface area contributed by atoms with Gasteiger partial charge in [0.05, 0.1) is 0 Å². The Morgan fingerprint density at radius 2 is 2.00 bits per heavy atom. The minimum atomic E-state index is -0.656. The van der Waals surface area contributed by atoms with E-state index in [0.717, 1.165) is 0 Å². The van der Waals surface area contributed by atoms with Gasteiger partial charge in [-0.05, 0) is 20.8 Å². The fourth-order valence-corrected chi connectivity index (χ4v) is 1.86. The molecule has 2 aliphatic heterocycles. The molecule has 2 heterocycles. The third-order valence-corrected chi connectivity index (χ3v) is 2.43. The molecule has 4 nitrogen and oxygen atoms in total. The highest BCUT2D eigenvalue weighted by atomic mass is 16.8. The molecule has 4 heteroatoms. The molecule has 0 amide bonds. The van der Waals surface area contributed by atoms with E-state index in [9.17, 15) is 5.11 Å². The van der Waals surface area contributed by atoms with Crippen LogP contribution in [0.4, 0.5) is 0 Å². The molecule has 0 saturated carbocycles. The van der Waals surface area contributed by atoms with Crippen molar-refractivity contribution >= 4 is 0 Å². The van der Waals surface area contributed by atoms with Crippen molar-refractivity contribution in [2.24, 2.45) is 0 Å². The van der Waals surface area contributed by atoms with E-state index < -0.39 is 18.2 Å². The van der Waals surface area contributed by atoms with E-state index in [0.29, 0.717) is 0 Å². The van der Waals surface area contributed by atoms with Gasteiger partial charge in [-0.25, -0.2) is 0 Å². The van der Waals surface area contributed by atoms with Gasteiger partial charge in [-0.3, -0.25) is 0 Å². The summed E-state index contributed by atoms with van der Waals surface area (Å²) in [4.78, 5) is 0. The molecule has 2 saturated heterocycles. The highest BCUT2D eigenvalue weighted by molar-refractivity contribution is 5.02. The molecule has 14 heavy (non-hydrogen) atoms. The van der Waals surface area contributed by atoms with Crippen LogP contribution in [0.3, 0.4) is 0 Å². The number of aliphatic hydroxyl groups is 1. The third-order valence-electron chi connectivity index (χ3n) is 2.43. The molecule has 2 fully saturated rings. The summed E-state index contributed by atoms with van der Waals surface area (Å²) < 4.78 is 16.5. The molecule has 0 spiro atoms.